The molecule has 2 aliphatic rings. The first-order valence-electron chi connectivity index (χ1n) is 9.83. The van der Waals surface area contributed by atoms with Gasteiger partial charge in [0.1, 0.15) is 5.54 Å². The van der Waals surface area contributed by atoms with Crippen LogP contribution in [0.2, 0.25) is 0 Å². The van der Waals surface area contributed by atoms with E-state index in [2.05, 4.69) is 32.4 Å². The summed E-state index contributed by atoms with van der Waals surface area (Å²) in [6.45, 7) is 5.69. The molecule has 2 aromatic rings. The number of nitrogens with one attached hydrogen (secondary N) is 2. The minimum absolute atomic E-state index is 0.0124. The first kappa shape index (κ1) is 20.9. The maximum absolute atomic E-state index is 13.2. The molecule has 1 atom stereocenters. The Balaban J connectivity index is 1.38. The fraction of sp³-hybridized carbons (Fsp3) is 0.381. The van der Waals surface area contributed by atoms with E-state index in [9.17, 15) is 14.4 Å². The van der Waals surface area contributed by atoms with Crippen molar-refractivity contribution in [3.8, 4) is 0 Å². The number of hydrogen-bond donors (Lipinski definition) is 2. The molecule has 2 fully saturated rings. The van der Waals surface area contributed by atoms with Gasteiger partial charge in [0.15, 0.2) is 0 Å². The largest absolute Gasteiger partial charge is 0.336 e. The fourth-order valence-electron chi connectivity index (χ4n) is 3.59. The van der Waals surface area contributed by atoms with Gasteiger partial charge in [-0.3, -0.25) is 19.8 Å². The molecule has 1 aromatic carbocycles. The quantitative estimate of drug-likeness (QED) is 0.528. The topological polar surface area (TPSA) is 81.8 Å². The van der Waals surface area contributed by atoms with Crippen molar-refractivity contribution in [3.63, 3.8) is 0 Å². The molecule has 0 radical (unpaired) electrons. The SMILES string of the molecule is CC1(CSc2ccccc2C(=O)N2CCN(Cc3ccsc3)CC2)NC(=O)NC1=O. The highest BCUT2D eigenvalue weighted by molar-refractivity contribution is 7.99. The summed E-state index contributed by atoms with van der Waals surface area (Å²) in [5, 5.41) is 9.19. The van der Waals surface area contributed by atoms with Gasteiger partial charge in [-0.2, -0.15) is 11.3 Å². The van der Waals surface area contributed by atoms with Gasteiger partial charge in [0.2, 0.25) is 0 Å². The number of thiophene rings is 1. The molecular weight excluding hydrogens is 420 g/mol. The number of imide groups is 1. The van der Waals surface area contributed by atoms with Gasteiger partial charge in [-0.05, 0) is 41.4 Å². The summed E-state index contributed by atoms with van der Waals surface area (Å²) >= 11 is 3.12. The van der Waals surface area contributed by atoms with Crippen molar-refractivity contribution < 1.29 is 14.4 Å². The van der Waals surface area contributed by atoms with Gasteiger partial charge >= 0.3 is 6.03 Å². The Labute approximate surface area is 183 Å². The molecule has 1 aromatic heterocycles. The van der Waals surface area contributed by atoms with Crippen molar-refractivity contribution in [1.29, 1.82) is 0 Å². The zero-order valence-corrected chi connectivity index (χ0v) is 18.4. The van der Waals surface area contributed by atoms with E-state index in [1.807, 2.05) is 29.2 Å². The second kappa shape index (κ2) is 8.79. The molecular formula is C21H24N4O3S2. The molecule has 0 bridgehead atoms. The zero-order valence-electron chi connectivity index (χ0n) is 16.7. The molecule has 30 heavy (non-hydrogen) atoms. The van der Waals surface area contributed by atoms with Gasteiger partial charge in [0, 0.05) is 43.4 Å². The van der Waals surface area contributed by atoms with Crippen LogP contribution in [0.3, 0.4) is 0 Å². The number of carbonyl (C=O) groups excluding carboxylic acids is 3. The Hall–Kier alpha value is -2.36. The number of piperazine rings is 1. The molecule has 2 N–H and O–H groups in total. The molecule has 2 saturated heterocycles. The first-order chi connectivity index (χ1) is 14.4. The molecule has 4 amide bonds. The number of benzene rings is 1. The number of carbonyl (C=O) groups is 3. The second-order valence-electron chi connectivity index (χ2n) is 7.73. The van der Waals surface area contributed by atoms with Crippen molar-refractivity contribution in [2.45, 2.75) is 23.9 Å². The van der Waals surface area contributed by atoms with E-state index in [0.717, 1.165) is 24.5 Å². The maximum atomic E-state index is 13.2. The van der Waals surface area contributed by atoms with Crippen molar-refractivity contribution in [3.05, 3.63) is 52.2 Å². The van der Waals surface area contributed by atoms with Crippen molar-refractivity contribution in [2.24, 2.45) is 0 Å². The minimum Gasteiger partial charge on any atom is -0.336 e. The Morgan fingerprint density at radius 3 is 2.60 bits per heavy atom. The second-order valence-corrected chi connectivity index (χ2v) is 9.52. The van der Waals surface area contributed by atoms with Gasteiger partial charge in [0.05, 0.1) is 5.56 Å². The number of hydrogen-bond acceptors (Lipinski definition) is 6. The molecule has 7 nitrogen and oxygen atoms in total. The van der Waals surface area contributed by atoms with Crippen molar-refractivity contribution >= 4 is 40.9 Å². The molecule has 0 saturated carbocycles. The smallest absolute Gasteiger partial charge is 0.322 e. The predicted octanol–water partition coefficient (Wildman–Crippen LogP) is 2.40. The van der Waals surface area contributed by atoms with Crippen molar-refractivity contribution in [2.75, 3.05) is 31.9 Å². The van der Waals surface area contributed by atoms with E-state index in [1.54, 1.807) is 18.3 Å². The van der Waals surface area contributed by atoms with E-state index in [4.69, 9.17) is 0 Å². The van der Waals surface area contributed by atoms with Gasteiger partial charge in [-0.25, -0.2) is 4.79 Å². The third-order valence-electron chi connectivity index (χ3n) is 5.40. The lowest BCUT2D eigenvalue weighted by atomic mass is 10.1. The highest BCUT2D eigenvalue weighted by Crippen LogP contribution is 2.28. The molecule has 9 heteroatoms. The predicted molar refractivity (Wildman–Crippen MR) is 118 cm³/mol. The summed E-state index contributed by atoms with van der Waals surface area (Å²) in [5.74, 6) is 0.0208. The van der Waals surface area contributed by atoms with Crippen LogP contribution in [0, 0.1) is 0 Å². The van der Waals surface area contributed by atoms with E-state index in [0.29, 0.717) is 24.4 Å². The summed E-state index contributed by atoms with van der Waals surface area (Å²) in [6.07, 6.45) is 0. The third kappa shape index (κ3) is 4.53. The summed E-state index contributed by atoms with van der Waals surface area (Å²) in [6, 6.07) is 9.13. The van der Waals surface area contributed by atoms with Gasteiger partial charge in [0.25, 0.3) is 11.8 Å². The summed E-state index contributed by atoms with van der Waals surface area (Å²) in [7, 11) is 0. The molecule has 158 valence electrons. The third-order valence-corrected chi connectivity index (χ3v) is 7.52. The summed E-state index contributed by atoms with van der Waals surface area (Å²) in [4.78, 5) is 41.8. The lowest BCUT2D eigenvalue weighted by Gasteiger charge is -2.35. The van der Waals surface area contributed by atoms with Gasteiger partial charge < -0.3 is 10.2 Å². The number of rotatable bonds is 6. The van der Waals surface area contributed by atoms with Crippen LogP contribution < -0.4 is 10.6 Å². The van der Waals surface area contributed by atoms with Gasteiger partial charge in [-0.1, -0.05) is 12.1 Å². The standard InChI is InChI=1S/C21H24N4O3S2/c1-21(19(27)22-20(28)23-21)14-30-17-5-3-2-4-16(17)18(26)25-9-7-24(8-10-25)12-15-6-11-29-13-15/h2-6,11,13H,7-10,12,14H2,1H3,(H2,22,23,27,28). The van der Waals surface area contributed by atoms with Crippen LogP contribution in [0.25, 0.3) is 0 Å². The molecule has 3 heterocycles. The molecule has 1 unspecified atom stereocenters. The van der Waals surface area contributed by atoms with E-state index in [-0.39, 0.29) is 11.8 Å². The van der Waals surface area contributed by atoms with Crippen LogP contribution >= 0.6 is 23.1 Å². The number of thioether (sulfide) groups is 1. The van der Waals surface area contributed by atoms with Crippen LogP contribution in [-0.4, -0.2) is 65.1 Å². The number of amides is 4. The number of nitrogens with zero attached hydrogens (tertiary/aromatic N) is 2. The molecule has 0 aliphatic carbocycles. The Bertz CT molecular complexity index is 941. The monoisotopic (exact) mass is 444 g/mol. The van der Waals surface area contributed by atoms with E-state index < -0.39 is 11.6 Å². The Kier molecular flexibility index (Phi) is 6.12. The van der Waals surface area contributed by atoms with Crippen LogP contribution in [0.1, 0.15) is 22.8 Å². The highest BCUT2D eigenvalue weighted by Gasteiger charge is 2.42. The molecule has 2 aliphatic heterocycles. The minimum atomic E-state index is -0.981. The lowest BCUT2D eigenvalue weighted by Crippen LogP contribution is -2.48. The normalized spacial score (nSPS) is 22.1. The van der Waals surface area contributed by atoms with Crippen LogP contribution in [-0.2, 0) is 11.3 Å². The van der Waals surface area contributed by atoms with E-state index >= 15 is 0 Å². The highest BCUT2D eigenvalue weighted by atomic mass is 32.2. The Morgan fingerprint density at radius 2 is 1.93 bits per heavy atom. The lowest BCUT2D eigenvalue weighted by molar-refractivity contribution is -0.122. The molecule has 0 spiro atoms. The van der Waals surface area contributed by atoms with E-state index in [1.165, 1.54) is 17.3 Å². The average Bonchev–Trinajstić information content (AvgIpc) is 3.34. The van der Waals surface area contributed by atoms with Crippen LogP contribution in [0.4, 0.5) is 4.79 Å². The number of urea groups is 1. The summed E-state index contributed by atoms with van der Waals surface area (Å²) < 4.78 is 0. The zero-order chi connectivity index (χ0) is 21.1. The average molecular weight is 445 g/mol. The van der Waals surface area contributed by atoms with Crippen LogP contribution in [0.15, 0.2) is 46.0 Å². The van der Waals surface area contributed by atoms with Crippen LogP contribution in [0.5, 0.6) is 0 Å². The van der Waals surface area contributed by atoms with Gasteiger partial charge in [-0.15, -0.1) is 11.8 Å². The maximum Gasteiger partial charge on any atom is 0.322 e. The fourth-order valence-corrected chi connectivity index (χ4v) is 5.39. The summed E-state index contributed by atoms with van der Waals surface area (Å²) in [5.41, 5.74) is 0.978. The first-order valence-corrected chi connectivity index (χ1v) is 11.8. The molecule has 4 rings (SSSR count). The van der Waals surface area contributed by atoms with Crippen molar-refractivity contribution in [1.82, 2.24) is 20.4 Å². The Morgan fingerprint density at radius 1 is 1.17 bits per heavy atom.